The van der Waals surface area contributed by atoms with E-state index in [1.807, 2.05) is 18.2 Å². The van der Waals surface area contributed by atoms with E-state index in [2.05, 4.69) is 68.1 Å². The number of para-hydroxylation sites is 1. The number of nitrogens with two attached hydrogens (primary N) is 2. The summed E-state index contributed by atoms with van der Waals surface area (Å²) in [5.41, 5.74) is 13.3. The van der Waals surface area contributed by atoms with Crippen molar-refractivity contribution in [2.75, 3.05) is 31.1 Å². The molecule has 28 nitrogen and oxygen atoms in total. The van der Waals surface area contributed by atoms with E-state index in [4.69, 9.17) is 22.3 Å². The highest BCUT2D eigenvalue weighted by molar-refractivity contribution is 8.76. The molecule has 4 aromatic rings. The van der Waals surface area contributed by atoms with Crippen LogP contribution in [0.25, 0.3) is 10.9 Å². The van der Waals surface area contributed by atoms with Crippen LogP contribution < -0.4 is 64.6 Å². The van der Waals surface area contributed by atoms with Crippen molar-refractivity contribution >= 4 is 103 Å². The number of nitrogens with zero attached hydrogens (tertiary/aromatic N) is 2. The Morgan fingerprint density at radius 2 is 1.32 bits per heavy atom. The number of carbonyl (C=O) groups is 10. The van der Waals surface area contributed by atoms with Gasteiger partial charge >= 0.3 is 6.03 Å². The van der Waals surface area contributed by atoms with Crippen molar-refractivity contribution in [1.29, 1.82) is 10.8 Å². The van der Waals surface area contributed by atoms with Crippen LogP contribution in [0.5, 0.6) is 0 Å². The first-order valence-corrected chi connectivity index (χ1v) is 28.5. The molecule has 2 aromatic carbocycles. The topological polar surface area (TPSA) is 438 Å². The fraction of sp³-hybridized carbons (Fsp3) is 0.431. The lowest BCUT2D eigenvalue weighted by atomic mass is 10.0. The molecule has 434 valence electrons. The van der Waals surface area contributed by atoms with Crippen molar-refractivity contribution in [2.24, 2.45) is 11.5 Å². The van der Waals surface area contributed by atoms with Gasteiger partial charge in [-0.15, -0.1) is 0 Å². The van der Waals surface area contributed by atoms with Gasteiger partial charge in [0.25, 0.3) is 5.91 Å². The Balaban J connectivity index is 1.37. The van der Waals surface area contributed by atoms with Crippen LogP contribution in [-0.2, 0) is 62.4 Å². The van der Waals surface area contributed by atoms with Crippen LogP contribution >= 0.6 is 21.6 Å². The highest BCUT2D eigenvalue weighted by Crippen LogP contribution is 2.25. The molecule has 30 heteroatoms. The Morgan fingerprint density at radius 1 is 0.716 bits per heavy atom. The van der Waals surface area contributed by atoms with E-state index < -0.39 is 107 Å². The summed E-state index contributed by atoms with van der Waals surface area (Å²) in [6.45, 7) is 2.41. The smallest absolute Gasteiger partial charge is 0.325 e. The third-order valence-corrected chi connectivity index (χ3v) is 15.5. The third kappa shape index (κ3) is 18.4. The van der Waals surface area contributed by atoms with E-state index >= 15 is 0 Å². The number of Topliss-reactive ketones (excluding diaryl/α,β-unsaturated/α-hetero) is 1. The van der Waals surface area contributed by atoms with Crippen LogP contribution in [-0.4, -0.2) is 170 Å². The molecule has 0 radical (unpaired) electrons. The Morgan fingerprint density at radius 3 is 1.98 bits per heavy atom. The maximum Gasteiger partial charge on any atom is 0.325 e. The molecule has 6 rings (SSSR count). The summed E-state index contributed by atoms with van der Waals surface area (Å²) in [5.74, 6) is -8.13. The van der Waals surface area contributed by atoms with E-state index in [1.54, 1.807) is 42.6 Å². The molecule has 0 spiro atoms. The van der Waals surface area contributed by atoms with Gasteiger partial charge in [-0.3, -0.25) is 58.9 Å². The van der Waals surface area contributed by atoms with Crippen LogP contribution in [0.15, 0.2) is 73.3 Å². The van der Waals surface area contributed by atoms with Gasteiger partial charge in [0.05, 0.1) is 18.9 Å². The standard InChI is InChI=1S/C51H68N18O10S2/c1-27-42(72)64-37(20-31-22-56-26-61-31)46(76)65-35(18-29-10-4-3-5-11-29)44(74)63-34(14-8-16-57-49(52)53)43(73)66-36(19-30-21-59-33-13-7-6-12-32(30)33)45(75)67-38(28(2)70)24-80-81-25-39(47(77)62-27)68-48(78)40(15-9-17-58-50(54)55)69-41(71)23-60-51(69)79/h3-7,10-13,21-22,26-27,34-40,59H,8-9,14-20,23-25H2,1-2H3,(H,56,61)(H,60,79)(H,62,77)(H,63,74)(H,64,72)(H,65,76)(H,66,73)(H,67,75)(H,68,78)(H4,52,53,57)(H4,54,55,58)/t27-,34+,35-,36+,37+,38+,39+,40+/m1/s1. The Labute approximate surface area is 473 Å². The molecule has 2 aliphatic heterocycles. The number of rotatable bonds is 18. The molecule has 0 unspecified atom stereocenters. The van der Waals surface area contributed by atoms with Gasteiger partial charge in [0.15, 0.2) is 17.7 Å². The molecule has 0 saturated carbocycles. The zero-order chi connectivity index (χ0) is 58.6. The first-order valence-electron chi connectivity index (χ1n) is 26.0. The number of benzene rings is 2. The van der Waals surface area contributed by atoms with Gasteiger partial charge < -0.3 is 74.6 Å². The molecule has 0 aliphatic carbocycles. The van der Waals surface area contributed by atoms with E-state index in [-0.39, 0.29) is 88.0 Å². The largest absolute Gasteiger partial charge is 0.370 e. The fourth-order valence-electron chi connectivity index (χ4n) is 8.77. The first-order chi connectivity index (χ1) is 38.8. The summed E-state index contributed by atoms with van der Waals surface area (Å²) in [6, 6.07) is 4.05. The monoisotopic (exact) mass is 1160 g/mol. The SMILES string of the molecule is CC(=O)[C@@H]1CSSC[C@H](NC(=O)[C@H](CCCNC(=N)N)N2C(=O)CNC2=O)C(=O)N[C@H](C)C(=O)N[C@@H](Cc2cnc[nH]2)C(=O)N[C@H](Cc2ccccc2)C(=O)N[C@@H](CCCNC(=N)N)C(=O)N[C@@H](Cc2c[nH]c3ccccc23)C(=O)N1. The number of carbonyl (C=O) groups excluding carboxylic acids is 10. The summed E-state index contributed by atoms with van der Waals surface area (Å²) < 4.78 is 0. The number of H-pyrrole nitrogens is 2. The molecule has 8 atom stereocenters. The predicted molar refractivity (Wildman–Crippen MR) is 302 cm³/mol. The summed E-state index contributed by atoms with van der Waals surface area (Å²) in [7, 11) is 2.05. The average molecular weight is 1160 g/mol. The summed E-state index contributed by atoms with van der Waals surface area (Å²) in [6.07, 6.45) is 4.24. The van der Waals surface area contributed by atoms with E-state index in [0.717, 1.165) is 37.4 Å². The third-order valence-electron chi connectivity index (χ3n) is 13.1. The number of imidazole rings is 1. The molecule has 2 saturated heterocycles. The molecule has 2 aromatic heterocycles. The van der Waals surface area contributed by atoms with Crippen molar-refractivity contribution in [3.8, 4) is 0 Å². The normalized spacial score (nSPS) is 22.4. The summed E-state index contributed by atoms with van der Waals surface area (Å²) in [5, 5.41) is 42.5. The van der Waals surface area contributed by atoms with Crippen molar-refractivity contribution < 1.29 is 47.9 Å². The number of guanidine groups is 2. The second-order valence-electron chi connectivity index (χ2n) is 19.2. The molecule has 18 N–H and O–H groups in total. The minimum absolute atomic E-state index is 0.0518. The molecular formula is C51H68N18O10S2. The molecule has 4 heterocycles. The fourth-order valence-corrected chi connectivity index (χ4v) is 11.2. The Kier molecular flexibility index (Phi) is 22.8. The highest BCUT2D eigenvalue weighted by atomic mass is 33.1. The number of urea groups is 1. The maximum absolute atomic E-state index is 14.7. The average Bonchev–Trinajstić information content (AvgIpc) is 4.21. The zero-order valence-corrected chi connectivity index (χ0v) is 46.1. The zero-order valence-electron chi connectivity index (χ0n) is 44.5. The maximum atomic E-state index is 14.7. The summed E-state index contributed by atoms with van der Waals surface area (Å²) >= 11 is 0. The predicted octanol–water partition coefficient (Wildman–Crippen LogP) is -2.24. The van der Waals surface area contributed by atoms with Gasteiger partial charge in [-0.25, -0.2) is 9.78 Å². The van der Waals surface area contributed by atoms with E-state index in [0.29, 0.717) is 16.8 Å². The minimum Gasteiger partial charge on any atom is -0.370 e. The molecule has 81 heavy (non-hydrogen) atoms. The van der Waals surface area contributed by atoms with Crippen LogP contribution in [0.1, 0.15) is 56.4 Å². The number of nitrogens with one attached hydrogen (secondary N) is 14. The quantitative estimate of drug-likeness (QED) is 0.0165. The van der Waals surface area contributed by atoms with Gasteiger partial charge in [0, 0.05) is 72.8 Å². The number of hydrogen-bond acceptors (Lipinski definition) is 15. The van der Waals surface area contributed by atoms with Crippen molar-refractivity contribution in [2.45, 2.75) is 107 Å². The van der Waals surface area contributed by atoms with Gasteiger partial charge in [-0.2, -0.15) is 0 Å². The minimum atomic E-state index is -1.49. The highest BCUT2D eigenvalue weighted by Gasteiger charge is 2.41. The molecule has 10 amide bonds. The second-order valence-corrected chi connectivity index (χ2v) is 21.8. The van der Waals surface area contributed by atoms with Gasteiger partial charge in [0.2, 0.25) is 41.4 Å². The van der Waals surface area contributed by atoms with Crippen molar-refractivity contribution in [3.05, 3.63) is 90.1 Å². The second kappa shape index (κ2) is 30.1. The van der Waals surface area contributed by atoms with Crippen LogP contribution in [0.2, 0.25) is 0 Å². The van der Waals surface area contributed by atoms with Crippen LogP contribution in [0.3, 0.4) is 0 Å². The van der Waals surface area contributed by atoms with Crippen molar-refractivity contribution in [1.82, 2.24) is 73.0 Å². The first kappa shape index (κ1) is 61.5. The van der Waals surface area contributed by atoms with Gasteiger partial charge in [-0.05, 0) is 56.7 Å². The lowest BCUT2D eigenvalue weighted by Crippen LogP contribution is -2.61. The van der Waals surface area contributed by atoms with Crippen LogP contribution in [0.4, 0.5) is 4.79 Å². The molecular weight excluding hydrogens is 1090 g/mol. The number of aromatic amines is 2. The van der Waals surface area contributed by atoms with E-state index in [9.17, 15) is 47.9 Å². The molecule has 2 aliphatic rings. The number of fused-ring (bicyclic) bond motifs is 1. The summed E-state index contributed by atoms with van der Waals surface area (Å²) in [4.78, 5) is 151. The van der Waals surface area contributed by atoms with Gasteiger partial charge in [0.1, 0.15) is 42.3 Å². The lowest BCUT2D eigenvalue weighted by molar-refractivity contribution is -0.137. The number of aromatic nitrogens is 3. The van der Waals surface area contributed by atoms with Gasteiger partial charge in [-0.1, -0.05) is 70.1 Å². The van der Waals surface area contributed by atoms with E-state index in [1.165, 1.54) is 26.4 Å². The molecule has 2 fully saturated rings. The number of ketones is 1. The number of imide groups is 1. The lowest BCUT2D eigenvalue weighted by Gasteiger charge is -2.28. The molecule has 0 bridgehead atoms. The van der Waals surface area contributed by atoms with Crippen LogP contribution in [0, 0.1) is 10.8 Å². The number of hydrogen-bond donors (Lipinski definition) is 16. The van der Waals surface area contributed by atoms with Crippen molar-refractivity contribution in [3.63, 3.8) is 0 Å². The Bertz CT molecular complexity index is 2910. The Hall–Kier alpha value is -8.67. The number of amides is 10.